The minimum Gasteiger partial charge on any atom is -0.0656 e. The molecule has 0 nitrogen and oxygen atoms in total. The fraction of sp³-hybridized carbons (Fsp3) is 0.438. The molecule has 0 heterocycles. The molecule has 3 aromatic carbocycles. The molecular weight excluding hydrogens is 525 g/mol. The SMILES string of the molecule is Cc1cc(C)cc([Si](c2cc([Si](C)(C)C)cc([Si](C)(C)C)c2)c2cc([Si](C)(C)C)cc([Si](C)(C)C)c2)c1. The Bertz CT molecular complexity index is 1120. The van der Waals surface area contributed by atoms with E-state index in [0.29, 0.717) is 0 Å². The second-order valence-corrected chi connectivity index (χ2v) is 38.1. The second-order valence-electron chi connectivity index (χ2n) is 15.3. The molecule has 0 aliphatic heterocycles. The first-order chi connectivity index (χ1) is 16.7. The van der Waals surface area contributed by atoms with E-state index in [2.05, 4.69) is 147 Å². The molecule has 37 heavy (non-hydrogen) atoms. The Kier molecular flexibility index (Phi) is 8.50. The molecule has 0 fully saturated rings. The van der Waals surface area contributed by atoms with E-state index >= 15 is 0 Å². The lowest BCUT2D eigenvalue weighted by Gasteiger charge is -2.29. The van der Waals surface area contributed by atoms with Gasteiger partial charge in [0, 0.05) is 0 Å². The number of rotatable bonds is 7. The monoisotopic (exact) mass is 575 g/mol. The third kappa shape index (κ3) is 7.44. The highest BCUT2D eigenvalue weighted by atomic mass is 28.3. The molecule has 3 rings (SSSR count). The summed E-state index contributed by atoms with van der Waals surface area (Å²) in [6.07, 6.45) is 0. The molecule has 0 N–H and O–H groups in total. The molecule has 5 heteroatoms. The van der Waals surface area contributed by atoms with E-state index in [1.165, 1.54) is 11.1 Å². The molecule has 0 aliphatic carbocycles. The highest BCUT2D eigenvalue weighted by Crippen LogP contribution is 2.10. The van der Waals surface area contributed by atoms with Gasteiger partial charge in [-0.2, -0.15) is 0 Å². The number of hydrogen-bond acceptors (Lipinski definition) is 0. The summed E-state index contributed by atoms with van der Waals surface area (Å²) in [6.45, 7) is 34.7. The van der Waals surface area contributed by atoms with Gasteiger partial charge < -0.3 is 0 Å². The Morgan fingerprint density at radius 3 is 0.838 bits per heavy atom. The molecule has 0 unspecified atom stereocenters. The Morgan fingerprint density at radius 1 is 0.351 bits per heavy atom. The highest BCUT2D eigenvalue weighted by molar-refractivity contribution is 6.99. The van der Waals surface area contributed by atoms with Crippen LogP contribution >= 0.6 is 0 Å². The van der Waals surface area contributed by atoms with Crippen molar-refractivity contribution in [2.45, 2.75) is 92.4 Å². The van der Waals surface area contributed by atoms with Gasteiger partial charge in [-0.15, -0.1) is 0 Å². The maximum atomic E-state index is 2.64. The van der Waals surface area contributed by atoms with E-state index in [4.69, 9.17) is 0 Å². The third-order valence-electron chi connectivity index (χ3n) is 7.42. The average molecular weight is 576 g/mol. The van der Waals surface area contributed by atoms with Crippen LogP contribution in [-0.2, 0) is 0 Å². The first-order valence-electron chi connectivity index (χ1n) is 13.9. The van der Waals surface area contributed by atoms with Crippen LogP contribution in [0.25, 0.3) is 0 Å². The zero-order valence-electron chi connectivity index (χ0n) is 26.2. The van der Waals surface area contributed by atoms with E-state index in [-0.39, 0.29) is 0 Å². The zero-order valence-corrected chi connectivity index (χ0v) is 31.2. The van der Waals surface area contributed by atoms with Gasteiger partial charge >= 0.3 is 0 Å². The van der Waals surface area contributed by atoms with Crippen LogP contribution in [0.4, 0.5) is 0 Å². The topological polar surface area (TPSA) is 0 Å². The molecular formula is C32H51Si5. The summed E-state index contributed by atoms with van der Waals surface area (Å²) in [5, 5.41) is 11.2. The summed E-state index contributed by atoms with van der Waals surface area (Å²) in [7, 11) is -7.05. The normalized spacial score (nSPS) is 13.4. The van der Waals surface area contributed by atoms with Crippen LogP contribution in [0.1, 0.15) is 11.1 Å². The summed E-state index contributed by atoms with van der Waals surface area (Å²) < 4.78 is 0. The molecule has 0 saturated heterocycles. The largest absolute Gasteiger partial charge is 0.154 e. The van der Waals surface area contributed by atoms with Gasteiger partial charge in [-0.1, -0.05) is 181 Å². The fourth-order valence-corrected chi connectivity index (χ4v) is 13.4. The van der Waals surface area contributed by atoms with Crippen molar-refractivity contribution in [1.29, 1.82) is 0 Å². The van der Waals surface area contributed by atoms with Crippen LogP contribution in [0, 0.1) is 13.8 Å². The summed E-state index contributed by atoms with van der Waals surface area (Å²) in [4.78, 5) is 0. The molecule has 0 amide bonds. The van der Waals surface area contributed by atoms with Crippen LogP contribution < -0.4 is 36.3 Å². The standard InChI is InChI=1S/C32H51Si5/c1-24-15-25(2)17-26(16-24)33(27-18-29(34(3,4)5)22-30(19-27)35(6,7)8)28-20-31(36(9,10)11)23-32(21-28)37(12,13)14/h15-23H,1-14H3. The molecule has 0 saturated carbocycles. The highest BCUT2D eigenvalue weighted by Gasteiger charge is 2.30. The van der Waals surface area contributed by atoms with Crippen LogP contribution in [-0.4, -0.2) is 41.1 Å². The summed E-state index contributed by atoms with van der Waals surface area (Å²) in [5.74, 6) is 0. The Morgan fingerprint density at radius 2 is 0.595 bits per heavy atom. The number of hydrogen-bond donors (Lipinski definition) is 0. The van der Waals surface area contributed by atoms with Crippen LogP contribution in [0.2, 0.25) is 78.6 Å². The molecule has 199 valence electrons. The predicted octanol–water partition coefficient (Wildman–Crippen LogP) is 5.00. The summed E-state index contributed by atoms with van der Waals surface area (Å²) in [5.41, 5.74) is 2.77. The van der Waals surface area contributed by atoms with Crippen LogP contribution in [0.15, 0.2) is 54.6 Å². The van der Waals surface area contributed by atoms with Crippen LogP contribution in [0.5, 0.6) is 0 Å². The Labute approximate surface area is 234 Å². The average Bonchev–Trinajstić information content (AvgIpc) is 2.70. The van der Waals surface area contributed by atoms with Gasteiger partial charge in [-0.3, -0.25) is 0 Å². The van der Waals surface area contributed by atoms with Crippen molar-refractivity contribution < 1.29 is 0 Å². The fourth-order valence-electron chi connectivity index (χ4n) is 4.89. The van der Waals surface area contributed by atoms with Crippen molar-refractivity contribution in [3.63, 3.8) is 0 Å². The lowest BCUT2D eigenvalue weighted by Crippen LogP contribution is -2.59. The molecule has 1 radical (unpaired) electrons. The molecule has 3 aromatic rings. The van der Waals surface area contributed by atoms with Gasteiger partial charge in [0.1, 0.15) is 0 Å². The molecule has 0 bridgehead atoms. The summed E-state index contributed by atoms with van der Waals surface area (Å²) >= 11 is 0. The second kappa shape index (κ2) is 10.4. The van der Waals surface area contributed by atoms with Crippen molar-refractivity contribution in [2.24, 2.45) is 0 Å². The van der Waals surface area contributed by atoms with Crippen molar-refractivity contribution in [3.8, 4) is 0 Å². The Balaban J connectivity index is 2.47. The molecule has 0 aliphatic rings. The molecule has 0 spiro atoms. The van der Waals surface area contributed by atoms with Gasteiger partial charge in [-0.05, 0) is 13.8 Å². The van der Waals surface area contributed by atoms with Gasteiger partial charge in [0.05, 0.1) is 32.3 Å². The first-order valence-corrected chi connectivity index (χ1v) is 29.4. The Hall–Kier alpha value is -1.26. The molecule has 0 aromatic heterocycles. The minimum absolute atomic E-state index is 1.16. The van der Waals surface area contributed by atoms with Crippen molar-refractivity contribution >= 4 is 77.4 Å². The van der Waals surface area contributed by atoms with Gasteiger partial charge in [-0.25, -0.2) is 0 Å². The van der Waals surface area contributed by atoms with Gasteiger partial charge in [0.25, 0.3) is 0 Å². The summed E-state index contributed by atoms with van der Waals surface area (Å²) in [6, 6.07) is 23.0. The van der Waals surface area contributed by atoms with Crippen molar-refractivity contribution in [3.05, 3.63) is 65.7 Å². The van der Waals surface area contributed by atoms with Gasteiger partial charge in [0.15, 0.2) is 8.80 Å². The maximum Gasteiger partial charge on any atom is 0.154 e. The first kappa shape index (κ1) is 30.3. The quantitative estimate of drug-likeness (QED) is 0.275. The van der Waals surface area contributed by atoms with E-state index in [1.807, 2.05) is 0 Å². The third-order valence-corrected chi connectivity index (χ3v) is 18.1. The van der Waals surface area contributed by atoms with E-state index < -0.39 is 41.1 Å². The zero-order chi connectivity index (χ0) is 28.1. The maximum absolute atomic E-state index is 2.64. The number of aryl methyl sites for hydroxylation is 2. The van der Waals surface area contributed by atoms with E-state index in [1.54, 1.807) is 36.3 Å². The predicted molar refractivity (Wildman–Crippen MR) is 185 cm³/mol. The van der Waals surface area contributed by atoms with Crippen molar-refractivity contribution in [2.75, 3.05) is 0 Å². The number of benzene rings is 3. The lowest BCUT2D eigenvalue weighted by atomic mass is 10.2. The van der Waals surface area contributed by atoms with Crippen molar-refractivity contribution in [1.82, 2.24) is 0 Å². The minimum atomic E-state index is -1.47. The van der Waals surface area contributed by atoms with Crippen LogP contribution in [0.3, 0.4) is 0 Å². The van der Waals surface area contributed by atoms with Gasteiger partial charge in [0.2, 0.25) is 0 Å². The van der Waals surface area contributed by atoms with E-state index in [0.717, 1.165) is 0 Å². The lowest BCUT2D eigenvalue weighted by molar-refractivity contribution is 1.40. The van der Waals surface area contributed by atoms with E-state index in [9.17, 15) is 0 Å². The smallest absolute Gasteiger partial charge is 0.0656 e. The molecule has 0 atom stereocenters.